The number of nitrogens with one attached hydrogen (secondary N) is 1. The maximum atomic E-state index is 5.88. The molecule has 1 aromatic heterocycles. The Kier molecular flexibility index (Phi) is 4.86. The summed E-state index contributed by atoms with van der Waals surface area (Å²) in [5.74, 6) is 2.30. The number of ether oxygens (including phenoxy) is 1. The van der Waals surface area contributed by atoms with E-state index in [1.807, 2.05) is 0 Å². The van der Waals surface area contributed by atoms with Crippen molar-refractivity contribution in [3.05, 3.63) is 23.3 Å². The third-order valence-electron chi connectivity index (χ3n) is 4.60. The van der Waals surface area contributed by atoms with Crippen molar-refractivity contribution in [2.75, 3.05) is 19.7 Å². The quantitative estimate of drug-likeness (QED) is 0.838. The van der Waals surface area contributed by atoms with Crippen molar-refractivity contribution in [3.8, 4) is 0 Å². The highest BCUT2D eigenvalue weighted by Gasteiger charge is 2.35. The van der Waals surface area contributed by atoms with Crippen molar-refractivity contribution in [2.24, 2.45) is 11.8 Å². The predicted octanol–water partition coefficient (Wildman–Crippen LogP) is 2.68. The molecule has 21 heavy (non-hydrogen) atoms. The number of hydrogen-bond donors (Lipinski definition) is 1. The van der Waals surface area contributed by atoms with E-state index in [1.54, 1.807) is 0 Å². The van der Waals surface area contributed by atoms with E-state index in [1.165, 1.54) is 30.5 Å². The highest BCUT2D eigenvalue weighted by atomic mass is 16.5. The minimum Gasteiger partial charge on any atom is -0.370 e. The van der Waals surface area contributed by atoms with Gasteiger partial charge in [0.2, 0.25) is 0 Å². The zero-order chi connectivity index (χ0) is 14.7. The van der Waals surface area contributed by atoms with Crippen LogP contribution in [0.25, 0.3) is 0 Å². The van der Waals surface area contributed by atoms with Gasteiger partial charge in [0.1, 0.15) is 6.10 Å². The van der Waals surface area contributed by atoms with Crippen molar-refractivity contribution in [1.29, 1.82) is 0 Å². The maximum absolute atomic E-state index is 5.88. The molecular weight excluding hydrogens is 262 g/mol. The van der Waals surface area contributed by atoms with E-state index >= 15 is 0 Å². The van der Waals surface area contributed by atoms with Crippen molar-refractivity contribution in [2.45, 2.75) is 52.1 Å². The lowest BCUT2D eigenvalue weighted by molar-refractivity contribution is 0.0397. The lowest BCUT2D eigenvalue weighted by Crippen LogP contribution is -2.28. The first-order valence-electron chi connectivity index (χ1n) is 8.48. The Balaban J connectivity index is 1.70. The molecule has 1 fully saturated rings. The second kappa shape index (κ2) is 6.84. The first-order valence-corrected chi connectivity index (χ1v) is 8.48. The minimum atomic E-state index is 0.125. The molecule has 1 saturated carbocycles. The third kappa shape index (κ3) is 3.61. The van der Waals surface area contributed by atoms with Gasteiger partial charge in [-0.1, -0.05) is 6.92 Å². The Labute approximate surface area is 127 Å². The van der Waals surface area contributed by atoms with Gasteiger partial charge in [0, 0.05) is 18.5 Å². The smallest absolute Gasteiger partial charge is 0.157 e. The summed E-state index contributed by atoms with van der Waals surface area (Å²) in [6, 6.07) is 0. The highest BCUT2D eigenvalue weighted by Crippen LogP contribution is 2.42. The van der Waals surface area contributed by atoms with Gasteiger partial charge in [-0.2, -0.15) is 0 Å². The summed E-state index contributed by atoms with van der Waals surface area (Å²) in [5.41, 5.74) is 2.61. The Bertz CT molecular complexity index is 473. The fourth-order valence-corrected chi connectivity index (χ4v) is 3.26. The van der Waals surface area contributed by atoms with Crippen LogP contribution in [-0.2, 0) is 17.6 Å². The van der Waals surface area contributed by atoms with E-state index in [0.29, 0.717) is 5.92 Å². The molecule has 116 valence electrons. The Morgan fingerprint density at radius 2 is 2.19 bits per heavy atom. The number of hydrogen-bond acceptors (Lipinski definition) is 4. The summed E-state index contributed by atoms with van der Waals surface area (Å²) in [5, 5.41) is 3.46. The van der Waals surface area contributed by atoms with Crippen molar-refractivity contribution >= 4 is 0 Å². The third-order valence-corrected chi connectivity index (χ3v) is 4.60. The SMILES string of the molecule is CCNCC1CCc2nc(C(OCC)C3CC3)ncc2C1. The molecule has 0 radical (unpaired) electrons. The van der Waals surface area contributed by atoms with E-state index in [9.17, 15) is 0 Å². The average molecular weight is 289 g/mol. The van der Waals surface area contributed by atoms with Gasteiger partial charge in [0.15, 0.2) is 5.82 Å². The second-order valence-corrected chi connectivity index (χ2v) is 6.33. The predicted molar refractivity (Wildman–Crippen MR) is 83.2 cm³/mol. The highest BCUT2D eigenvalue weighted by molar-refractivity contribution is 5.22. The van der Waals surface area contributed by atoms with Gasteiger partial charge in [-0.15, -0.1) is 0 Å². The van der Waals surface area contributed by atoms with Crippen molar-refractivity contribution < 1.29 is 4.74 Å². The van der Waals surface area contributed by atoms with Gasteiger partial charge in [-0.25, -0.2) is 9.97 Å². The molecular formula is C17H27N3O. The largest absolute Gasteiger partial charge is 0.370 e. The molecule has 3 rings (SSSR count). The summed E-state index contributed by atoms with van der Waals surface area (Å²) in [6.45, 7) is 7.13. The number of rotatable bonds is 7. The fourth-order valence-electron chi connectivity index (χ4n) is 3.26. The summed E-state index contributed by atoms with van der Waals surface area (Å²) in [4.78, 5) is 9.48. The Morgan fingerprint density at radius 3 is 2.90 bits per heavy atom. The van der Waals surface area contributed by atoms with Crippen LogP contribution in [0.1, 0.15) is 56.3 Å². The van der Waals surface area contributed by atoms with Crippen LogP contribution in [0, 0.1) is 11.8 Å². The van der Waals surface area contributed by atoms with Gasteiger partial charge in [-0.3, -0.25) is 0 Å². The summed E-state index contributed by atoms with van der Waals surface area (Å²) < 4.78 is 5.88. The number of nitrogens with zero attached hydrogens (tertiary/aromatic N) is 2. The molecule has 4 heteroatoms. The van der Waals surface area contributed by atoms with Gasteiger partial charge in [0.25, 0.3) is 0 Å². The van der Waals surface area contributed by atoms with Crippen LogP contribution in [0.3, 0.4) is 0 Å². The zero-order valence-corrected chi connectivity index (χ0v) is 13.3. The number of aryl methyl sites for hydroxylation is 1. The molecule has 4 nitrogen and oxygen atoms in total. The van der Waals surface area contributed by atoms with Crippen LogP contribution in [0.5, 0.6) is 0 Å². The molecule has 2 atom stereocenters. The molecule has 2 aliphatic rings. The first kappa shape index (κ1) is 14.9. The molecule has 0 saturated heterocycles. The maximum Gasteiger partial charge on any atom is 0.157 e. The van der Waals surface area contributed by atoms with Crippen LogP contribution < -0.4 is 5.32 Å². The van der Waals surface area contributed by atoms with Crippen LogP contribution in [0.15, 0.2) is 6.20 Å². The monoisotopic (exact) mass is 289 g/mol. The Morgan fingerprint density at radius 1 is 1.33 bits per heavy atom. The summed E-state index contributed by atoms with van der Waals surface area (Å²) in [7, 11) is 0. The molecule has 0 aliphatic heterocycles. The molecule has 1 aromatic rings. The first-order chi connectivity index (χ1) is 10.3. The van der Waals surface area contributed by atoms with E-state index in [-0.39, 0.29) is 6.10 Å². The molecule has 2 aliphatic carbocycles. The molecule has 0 amide bonds. The van der Waals surface area contributed by atoms with Crippen molar-refractivity contribution in [3.63, 3.8) is 0 Å². The number of aromatic nitrogens is 2. The van der Waals surface area contributed by atoms with Gasteiger partial charge in [0.05, 0.1) is 0 Å². The number of fused-ring (bicyclic) bond motifs is 1. The molecule has 1 N–H and O–H groups in total. The van der Waals surface area contributed by atoms with Gasteiger partial charge in [-0.05, 0) is 69.5 Å². The lowest BCUT2D eigenvalue weighted by atomic mass is 9.87. The van der Waals surface area contributed by atoms with E-state index in [4.69, 9.17) is 9.72 Å². The van der Waals surface area contributed by atoms with Crippen LogP contribution in [-0.4, -0.2) is 29.7 Å². The van der Waals surface area contributed by atoms with Gasteiger partial charge < -0.3 is 10.1 Å². The summed E-state index contributed by atoms with van der Waals surface area (Å²) >= 11 is 0. The van der Waals surface area contributed by atoms with Crippen LogP contribution in [0.2, 0.25) is 0 Å². The second-order valence-electron chi connectivity index (χ2n) is 6.33. The molecule has 2 unspecified atom stereocenters. The van der Waals surface area contributed by atoms with E-state index in [0.717, 1.165) is 44.3 Å². The fraction of sp³-hybridized carbons (Fsp3) is 0.765. The minimum absolute atomic E-state index is 0.125. The van der Waals surface area contributed by atoms with Crippen LogP contribution >= 0.6 is 0 Å². The average Bonchev–Trinajstić information content (AvgIpc) is 3.34. The lowest BCUT2D eigenvalue weighted by Gasteiger charge is -2.25. The van der Waals surface area contributed by atoms with Crippen molar-refractivity contribution in [1.82, 2.24) is 15.3 Å². The van der Waals surface area contributed by atoms with E-state index < -0.39 is 0 Å². The molecule has 0 bridgehead atoms. The Hall–Kier alpha value is -1.00. The van der Waals surface area contributed by atoms with Crippen LogP contribution in [0.4, 0.5) is 0 Å². The molecule has 0 aromatic carbocycles. The molecule has 0 spiro atoms. The molecule has 1 heterocycles. The van der Waals surface area contributed by atoms with E-state index in [2.05, 4.69) is 30.3 Å². The zero-order valence-electron chi connectivity index (χ0n) is 13.3. The van der Waals surface area contributed by atoms with Gasteiger partial charge >= 0.3 is 0 Å². The normalized spacial score (nSPS) is 22.9. The standard InChI is InChI=1S/C17H27N3O/c1-3-18-10-12-5-8-15-14(9-12)11-19-17(20-15)16(21-4-2)13-6-7-13/h11-13,16,18H,3-10H2,1-2H3. The summed E-state index contributed by atoms with van der Waals surface area (Å²) in [6.07, 6.45) is 8.14. The topological polar surface area (TPSA) is 47.0 Å².